The number of hydrogen-bond acceptors (Lipinski definition) is 2. The van der Waals surface area contributed by atoms with Gasteiger partial charge in [-0.3, -0.25) is 4.98 Å². The van der Waals surface area contributed by atoms with Gasteiger partial charge in [-0.15, -0.1) is 0 Å². The lowest BCUT2D eigenvalue weighted by atomic mass is 9.70. The number of hydrogen-bond donors (Lipinski definition) is 0. The van der Waals surface area contributed by atoms with Crippen LogP contribution in [0.4, 0.5) is 0 Å². The molecule has 0 bridgehead atoms. The van der Waals surface area contributed by atoms with E-state index in [2.05, 4.69) is 235 Å². The van der Waals surface area contributed by atoms with E-state index < -0.39 is 5.41 Å². The van der Waals surface area contributed by atoms with Gasteiger partial charge in [0.15, 0.2) is 0 Å². The lowest BCUT2D eigenvalue weighted by Crippen LogP contribution is -2.25. The molecule has 13 aromatic rings. The largest absolute Gasteiger partial charge is 0.309 e. The Morgan fingerprint density at radius 2 is 0.750 bits per heavy atom. The van der Waals surface area contributed by atoms with Gasteiger partial charge in [-0.25, -0.2) is 4.98 Å². The Bertz CT molecular complexity index is 4160. The van der Waals surface area contributed by atoms with Crippen LogP contribution >= 0.6 is 0 Å². The molecule has 0 aliphatic heterocycles. The van der Waals surface area contributed by atoms with Gasteiger partial charge in [-0.05, 0) is 120 Å². The molecule has 0 saturated carbocycles. The Morgan fingerprint density at radius 3 is 1.35 bits per heavy atom. The fourth-order valence-corrected chi connectivity index (χ4v) is 12.1. The van der Waals surface area contributed by atoms with E-state index in [0.29, 0.717) is 0 Å². The molecule has 3 nitrogen and oxygen atoms in total. The second-order valence-corrected chi connectivity index (χ2v) is 18.4. The van der Waals surface area contributed by atoms with E-state index in [1.807, 2.05) is 6.20 Å². The van der Waals surface area contributed by atoms with Crippen molar-refractivity contribution in [1.82, 2.24) is 14.5 Å². The highest BCUT2D eigenvalue weighted by Crippen LogP contribution is 2.63. The molecule has 11 aromatic carbocycles. The molecule has 0 atom stereocenters. The van der Waals surface area contributed by atoms with Crippen LogP contribution in [0.5, 0.6) is 0 Å². The van der Waals surface area contributed by atoms with Gasteiger partial charge in [0.1, 0.15) is 0 Å². The van der Waals surface area contributed by atoms with E-state index in [1.54, 1.807) is 0 Å². The predicted molar refractivity (Wildman–Crippen MR) is 281 cm³/mol. The van der Waals surface area contributed by atoms with Crippen molar-refractivity contribution in [3.8, 4) is 61.5 Å². The normalized spacial score (nSPS) is 13.1. The third-order valence-corrected chi connectivity index (χ3v) is 15.1. The summed E-state index contributed by atoms with van der Waals surface area (Å²) in [5.74, 6) is 0. The van der Waals surface area contributed by atoms with E-state index in [4.69, 9.17) is 9.97 Å². The predicted octanol–water partition coefficient (Wildman–Crippen LogP) is 16.4. The molecule has 0 N–H and O–H groups in total. The van der Waals surface area contributed by atoms with E-state index in [-0.39, 0.29) is 0 Å². The van der Waals surface area contributed by atoms with Gasteiger partial charge in [-0.2, -0.15) is 0 Å². The molecule has 2 aromatic heterocycles. The minimum atomic E-state index is -0.392. The summed E-state index contributed by atoms with van der Waals surface area (Å²) in [6.45, 7) is 0. The van der Waals surface area contributed by atoms with Crippen molar-refractivity contribution in [2.75, 3.05) is 0 Å². The highest BCUT2D eigenvalue weighted by atomic mass is 15.0. The molecule has 0 unspecified atom stereocenters. The first-order valence-electron chi connectivity index (χ1n) is 23.5. The molecule has 2 aliphatic carbocycles. The summed E-state index contributed by atoms with van der Waals surface area (Å²) >= 11 is 0. The number of para-hydroxylation sites is 1. The number of rotatable bonds is 4. The van der Waals surface area contributed by atoms with Crippen LogP contribution in [0.2, 0.25) is 0 Å². The highest BCUT2D eigenvalue weighted by Gasteiger charge is 2.51. The van der Waals surface area contributed by atoms with Crippen LogP contribution in [0, 0.1) is 0 Å². The first kappa shape index (κ1) is 37.3. The molecular weight excluding hydrogens is 823 g/mol. The monoisotopic (exact) mass is 861 g/mol. The smallest absolute Gasteiger partial charge is 0.0979 e. The summed E-state index contributed by atoms with van der Waals surface area (Å²) in [6, 6.07) is 84.9. The first-order chi connectivity index (χ1) is 33.7. The van der Waals surface area contributed by atoms with Gasteiger partial charge in [0.05, 0.1) is 39.4 Å². The molecular formula is C65H39N3. The Hall–Kier alpha value is -8.92. The molecule has 2 heterocycles. The molecule has 0 amide bonds. The van der Waals surface area contributed by atoms with Crippen LogP contribution in [0.1, 0.15) is 22.3 Å². The Labute approximate surface area is 392 Å². The van der Waals surface area contributed by atoms with Crippen molar-refractivity contribution >= 4 is 54.4 Å². The summed E-state index contributed by atoms with van der Waals surface area (Å²) in [4.78, 5) is 10.3. The van der Waals surface area contributed by atoms with E-state index in [1.165, 1.54) is 93.8 Å². The number of fused-ring (bicyclic) bond motifs is 19. The van der Waals surface area contributed by atoms with Crippen LogP contribution in [0.25, 0.3) is 116 Å². The average Bonchev–Trinajstić information content (AvgIpc) is 4.02. The Balaban J connectivity index is 0.868. The van der Waals surface area contributed by atoms with Crippen molar-refractivity contribution < 1.29 is 0 Å². The van der Waals surface area contributed by atoms with Gasteiger partial charge in [0.2, 0.25) is 0 Å². The molecule has 15 rings (SSSR count). The van der Waals surface area contributed by atoms with Gasteiger partial charge in [-0.1, -0.05) is 188 Å². The van der Waals surface area contributed by atoms with Crippen molar-refractivity contribution in [3.05, 3.63) is 259 Å². The number of benzene rings is 11. The van der Waals surface area contributed by atoms with Gasteiger partial charge in [0.25, 0.3) is 0 Å². The molecule has 68 heavy (non-hydrogen) atoms. The molecule has 314 valence electrons. The lowest BCUT2D eigenvalue weighted by molar-refractivity contribution is 0.794. The molecule has 2 aliphatic rings. The van der Waals surface area contributed by atoms with Crippen molar-refractivity contribution in [3.63, 3.8) is 0 Å². The van der Waals surface area contributed by atoms with Crippen LogP contribution < -0.4 is 0 Å². The zero-order valence-corrected chi connectivity index (χ0v) is 36.9. The average molecular weight is 862 g/mol. The van der Waals surface area contributed by atoms with Crippen LogP contribution in [0.15, 0.2) is 237 Å². The molecule has 1 spiro atoms. The van der Waals surface area contributed by atoms with Crippen molar-refractivity contribution in [1.29, 1.82) is 0 Å². The summed E-state index contributed by atoms with van der Waals surface area (Å²) in [6.07, 6.45) is 1.92. The maximum absolute atomic E-state index is 5.27. The van der Waals surface area contributed by atoms with E-state index >= 15 is 0 Å². The summed E-state index contributed by atoms with van der Waals surface area (Å²) < 4.78 is 2.41. The first-order valence-corrected chi connectivity index (χ1v) is 23.5. The summed E-state index contributed by atoms with van der Waals surface area (Å²) in [5.41, 5.74) is 22.3. The summed E-state index contributed by atoms with van der Waals surface area (Å²) in [5, 5.41) is 7.08. The third-order valence-electron chi connectivity index (χ3n) is 15.1. The number of nitrogens with zero attached hydrogens (tertiary/aromatic N) is 3. The zero-order chi connectivity index (χ0) is 44.5. The van der Waals surface area contributed by atoms with Crippen LogP contribution in [-0.2, 0) is 5.41 Å². The van der Waals surface area contributed by atoms with E-state index in [9.17, 15) is 0 Å². The fraction of sp³-hybridized carbons (Fsp3) is 0.0154. The van der Waals surface area contributed by atoms with Gasteiger partial charge < -0.3 is 4.57 Å². The minimum Gasteiger partial charge on any atom is -0.309 e. The second-order valence-electron chi connectivity index (χ2n) is 18.4. The van der Waals surface area contributed by atoms with Crippen molar-refractivity contribution in [2.45, 2.75) is 5.41 Å². The molecule has 0 radical (unpaired) electrons. The molecule has 0 fully saturated rings. The highest BCUT2D eigenvalue weighted by molar-refractivity contribution is 6.23. The quantitative estimate of drug-likeness (QED) is 0.165. The molecule has 0 saturated heterocycles. The van der Waals surface area contributed by atoms with Gasteiger partial charge in [0, 0.05) is 32.8 Å². The maximum Gasteiger partial charge on any atom is 0.0979 e. The van der Waals surface area contributed by atoms with Crippen LogP contribution in [-0.4, -0.2) is 14.5 Å². The second kappa shape index (κ2) is 14.0. The van der Waals surface area contributed by atoms with Crippen molar-refractivity contribution in [2.24, 2.45) is 0 Å². The zero-order valence-electron chi connectivity index (χ0n) is 36.9. The lowest BCUT2D eigenvalue weighted by Gasteiger charge is -2.30. The SMILES string of the molecule is c1ccc(-n2c3ccc(-c4ccc(-c5cnc6c7ccccc7c7ccccc7c6n5)cc4)cc3c3cc(-c4ccc5c(c4)C4(c6ccccc6-c6ccccc64)c4ccccc4-5)ccc32)cc1. The molecule has 3 heteroatoms. The minimum absolute atomic E-state index is 0.392. The van der Waals surface area contributed by atoms with Crippen LogP contribution in [0.3, 0.4) is 0 Å². The topological polar surface area (TPSA) is 30.7 Å². The standard InChI is InChI=1S/C65H39N3/c1-2-14-45(15-3-1)68-61-34-31-42(40-26-28-41(29-27-40)60-39-66-63-52-21-6-4-16-46(52)47-17-5-7-22-53(47)64(63)67-60)36-54(61)55-37-43(32-35-62(55)68)44-30-33-51-50-20-10-13-25-58(50)65(59(51)38-44)56-23-11-8-18-48(56)49-19-9-12-24-57(49)65/h1-39H. The van der Waals surface area contributed by atoms with E-state index in [0.717, 1.165) is 44.3 Å². The maximum atomic E-state index is 5.27. The summed E-state index contributed by atoms with van der Waals surface area (Å²) in [7, 11) is 0. The van der Waals surface area contributed by atoms with Gasteiger partial charge >= 0.3 is 0 Å². The third kappa shape index (κ3) is 5.07. The Kier molecular flexibility index (Phi) is 7.71. The fourth-order valence-electron chi connectivity index (χ4n) is 12.1. The Morgan fingerprint density at radius 1 is 0.309 bits per heavy atom. The number of aromatic nitrogens is 3.